The second-order valence-electron chi connectivity index (χ2n) is 3.53. The molecule has 0 saturated carbocycles. The molecule has 0 spiro atoms. The Morgan fingerprint density at radius 3 is 2.94 bits per heavy atom. The molecule has 0 fully saturated rings. The smallest absolute Gasteiger partial charge is 0.259 e. The van der Waals surface area contributed by atoms with E-state index in [0.29, 0.717) is 18.0 Å². The van der Waals surface area contributed by atoms with Crippen LogP contribution in [0.4, 0.5) is 0 Å². The third-order valence-electron chi connectivity index (χ3n) is 2.07. The van der Waals surface area contributed by atoms with Gasteiger partial charge in [-0.05, 0) is 12.1 Å². The number of methoxy groups -OCH3 is 1. The molecule has 4 nitrogen and oxygen atoms in total. The number of ether oxygens (including phenoxy) is 1. The lowest BCUT2D eigenvalue weighted by atomic mass is 10.2. The summed E-state index contributed by atoms with van der Waals surface area (Å²) >= 11 is 3.41. The van der Waals surface area contributed by atoms with Gasteiger partial charge in [-0.25, -0.2) is 4.98 Å². The molecule has 0 N–H and O–H groups in total. The van der Waals surface area contributed by atoms with Crippen LogP contribution in [-0.4, -0.2) is 41.3 Å². The van der Waals surface area contributed by atoms with Crippen molar-refractivity contribution in [2.24, 2.45) is 0 Å². The number of alkyl halides is 1. The molecule has 0 aliphatic carbocycles. The number of nitrogens with zero attached hydrogens (tertiary/aromatic N) is 2. The Morgan fingerprint density at radius 1 is 1.69 bits per heavy atom. The van der Waals surface area contributed by atoms with Gasteiger partial charge >= 0.3 is 0 Å². The van der Waals surface area contributed by atoms with E-state index < -0.39 is 0 Å². The molecule has 16 heavy (non-hydrogen) atoms. The average molecular weight is 287 g/mol. The summed E-state index contributed by atoms with van der Waals surface area (Å²) in [7, 11) is 3.26. The van der Waals surface area contributed by atoms with Gasteiger partial charge in [0.05, 0.1) is 7.11 Å². The Bertz CT molecular complexity index is 369. The van der Waals surface area contributed by atoms with Crippen LogP contribution in [-0.2, 0) is 0 Å². The fraction of sp³-hybridized carbons (Fsp3) is 0.455. The third kappa shape index (κ3) is 3.20. The lowest BCUT2D eigenvalue weighted by Gasteiger charge is -2.19. The Balaban J connectivity index is 2.87. The molecule has 5 heteroatoms. The summed E-state index contributed by atoms with van der Waals surface area (Å²) in [5.74, 6) is 0.276. The van der Waals surface area contributed by atoms with Gasteiger partial charge in [0.1, 0.15) is 5.56 Å². The summed E-state index contributed by atoms with van der Waals surface area (Å²) in [5, 5.41) is 0. The van der Waals surface area contributed by atoms with Crippen LogP contribution in [0.5, 0.6) is 5.88 Å². The van der Waals surface area contributed by atoms with Crippen molar-refractivity contribution >= 4 is 21.8 Å². The van der Waals surface area contributed by atoms with E-state index in [2.05, 4.69) is 20.9 Å². The summed E-state index contributed by atoms with van der Waals surface area (Å²) in [6.07, 6.45) is 1.60. The Kier molecular flexibility index (Phi) is 4.73. The number of hydrogen-bond acceptors (Lipinski definition) is 3. The Labute approximate surface area is 104 Å². The standard InChI is InChI=1S/C11H15BrN2O2/c1-8(12)7-14(2)11(15)9-5-4-6-13-10(9)16-3/h4-6,8H,7H2,1-3H3. The summed E-state index contributed by atoms with van der Waals surface area (Å²) in [6, 6.07) is 3.44. The highest BCUT2D eigenvalue weighted by Crippen LogP contribution is 2.16. The van der Waals surface area contributed by atoms with Crippen LogP contribution in [0.2, 0.25) is 0 Å². The maximum Gasteiger partial charge on any atom is 0.259 e. The van der Waals surface area contributed by atoms with E-state index in [1.165, 1.54) is 7.11 Å². The fourth-order valence-electron chi connectivity index (χ4n) is 1.38. The zero-order chi connectivity index (χ0) is 12.1. The van der Waals surface area contributed by atoms with Crippen molar-refractivity contribution in [3.63, 3.8) is 0 Å². The van der Waals surface area contributed by atoms with Crippen LogP contribution in [0.3, 0.4) is 0 Å². The van der Waals surface area contributed by atoms with Crippen molar-refractivity contribution < 1.29 is 9.53 Å². The summed E-state index contributed by atoms with van der Waals surface area (Å²) in [4.78, 5) is 17.9. The molecule has 1 amide bonds. The van der Waals surface area contributed by atoms with E-state index in [1.54, 1.807) is 30.3 Å². The molecule has 0 aromatic carbocycles. The maximum absolute atomic E-state index is 12.0. The lowest BCUT2D eigenvalue weighted by molar-refractivity contribution is 0.0793. The molecule has 1 heterocycles. The number of carbonyl (C=O) groups excluding carboxylic acids is 1. The number of aromatic nitrogens is 1. The average Bonchev–Trinajstić information content (AvgIpc) is 2.27. The molecular formula is C11H15BrN2O2. The Morgan fingerprint density at radius 2 is 2.38 bits per heavy atom. The van der Waals surface area contributed by atoms with Crippen LogP contribution in [0.25, 0.3) is 0 Å². The predicted octanol–water partition coefficient (Wildman–Crippen LogP) is 1.95. The number of amides is 1. The van der Waals surface area contributed by atoms with Crippen LogP contribution >= 0.6 is 15.9 Å². The van der Waals surface area contributed by atoms with Gasteiger partial charge in [0.15, 0.2) is 0 Å². The minimum absolute atomic E-state index is 0.0868. The van der Waals surface area contributed by atoms with Gasteiger partial charge in [-0.15, -0.1) is 0 Å². The second kappa shape index (κ2) is 5.84. The number of pyridine rings is 1. The van der Waals surface area contributed by atoms with E-state index in [9.17, 15) is 4.79 Å². The van der Waals surface area contributed by atoms with Crippen LogP contribution in [0.1, 0.15) is 17.3 Å². The molecule has 0 radical (unpaired) electrons. The zero-order valence-corrected chi connectivity index (χ0v) is 11.2. The molecule has 88 valence electrons. The number of hydrogen-bond donors (Lipinski definition) is 0. The molecule has 1 rings (SSSR count). The first kappa shape index (κ1) is 13.0. The molecule has 1 aromatic rings. The minimum Gasteiger partial charge on any atom is -0.480 e. The third-order valence-corrected chi connectivity index (χ3v) is 2.36. The van der Waals surface area contributed by atoms with Crippen molar-refractivity contribution in [3.8, 4) is 5.88 Å². The van der Waals surface area contributed by atoms with Crippen molar-refractivity contribution in [2.75, 3.05) is 20.7 Å². The highest BCUT2D eigenvalue weighted by molar-refractivity contribution is 9.09. The van der Waals surface area contributed by atoms with Crippen LogP contribution < -0.4 is 4.74 Å². The van der Waals surface area contributed by atoms with Crippen molar-refractivity contribution in [1.29, 1.82) is 0 Å². The summed E-state index contributed by atoms with van der Waals surface area (Å²) in [6.45, 7) is 2.63. The van der Waals surface area contributed by atoms with E-state index >= 15 is 0 Å². The molecular weight excluding hydrogens is 272 g/mol. The molecule has 1 unspecified atom stereocenters. The number of halogens is 1. The molecule has 0 aliphatic rings. The van der Waals surface area contributed by atoms with E-state index in [-0.39, 0.29) is 10.7 Å². The molecule has 0 aliphatic heterocycles. The largest absolute Gasteiger partial charge is 0.480 e. The van der Waals surface area contributed by atoms with Crippen LogP contribution in [0.15, 0.2) is 18.3 Å². The highest BCUT2D eigenvalue weighted by Gasteiger charge is 2.17. The van der Waals surface area contributed by atoms with Gasteiger partial charge in [0, 0.05) is 24.6 Å². The van der Waals surface area contributed by atoms with Gasteiger partial charge in [0.2, 0.25) is 5.88 Å². The monoisotopic (exact) mass is 286 g/mol. The first-order valence-electron chi connectivity index (χ1n) is 4.94. The topological polar surface area (TPSA) is 42.4 Å². The van der Waals surface area contributed by atoms with Gasteiger partial charge in [-0.1, -0.05) is 22.9 Å². The van der Waals surface area contributed by atoms with Crippen molar-refractivity contribution in [1.82, 2.24) is 9.88 Å². The van der Waals surface area contributed by atoms with Gasteiger partial charge in [-0.2, -0.15) is 0 Å². The highest BCUT2D eigenvalue weighted by atomic mass is 79.9. The predicted molar refractivity (Wildman–Crippen MR) is 66.1 cm³/mol. The van der Waals surface area contributed by atoms with E-state index in [4.69, 9.17) is 4.74 Å². The minimum atomic E-state index is -0.0868. The van der Waals surface area contributed by atoms with Gasteiger partial charge in [0.25, 0.3) is 5.91 Å². The number of rotatable bonds is 4. The van der Waals surface area contributed by atoms with Crippen LogP contribution in [0, 0.1) is 0 Å². The summed E-state index contributed by atoms with van der Waals surface area (Å²) < 4.78 is 5.05. The lowest BCUT2D eigenvalue weighted by Crippen LogP contribution is -2.31. The molecule has 0 saturated heterocycles. The molecule has 1 atom stereocenters. The van der Waals surface area contributed by atoms with Gasteiger partial charge in [-0.3, -0.25) is 4.79 Å². The zero-order valence-electron chi connectivity index (χ0n) is 9.61. The van der Waals surface area contributed by atoms with Gasteiger partial charge < -0.3 is 9.64 Å². The second-order valence-corrected chi connectivity index (χ2v) is 5.09. The van der Waals surface area contributed by atoms with Crippen molar-refractivity contribution in [2.45, 2.75) is 11.8 Å². The molecule has 0 bridgehead atoms. The van der Waals surface area contributed by atoms with E-state index in [1.807, 2.05) is 6.92 Å². The van der Waals surface area contributed by atoms with E-state index in [0.717, 1.165) is 0 Å². The SMILES string of the molecule is COc1ncccc1C(=O)N(C)CC(C)Br. The fourth-order valence-corrected chi connectivity index (χ4v) is 1.82. The first-order valence-corrected chi connectivity index (χ1v) is 5.86. The quantitative estimate of drug-likeness (QED) is 0.795. The first-order chi connectivity index (χ1) is 7.56. The summed E-state index contributed by atoms with van der Waals surface area (Å²) in [5.41, 5.74) is 0.487. The number of carbonyl (C=O) groups is 1. The maximum atomic E-state index is 12.0. The van der Waals surface area contributed by atoms with Crippen molar-refractivity contribution in [3.05, 3.63) is 23.9 Å². The Hall–Kier alpha value is -1.10. The normalized spacial score (nSPS) is 12.0. The molecule has 1 aromatic heterocycles.